The fourth-order valence-corrected chi connectivity index (χ4v) is 4.30. The summed E-state index contributed by atoms with van der Waals surface area (Å²) in [7, 11) is 3.22. The Hall–Kier alpha value is -1.93. The number of furan rings is 1. The van der Waals surface area contributed by atoms with Gasteiger partial charge in [-0.25, -0.2) is 4.79 Å². The minimum atomic E-state index is -0.622. The molecule has 0 saturated carbocycles. The number of amides is 1. The van der Waals surface area contributed by atoms with Gasteiger partial charge in [-0.15, -0.1) is 0 Å². The van der Waals surface area contributed by atoms with E-state index in [-0.39, 0.29) is 18.3 Å². The molecule has 25 heavy (non-hydrogen) atoms. The number of rotatable bonds is 5. The number of esters is 1. The maximum absolute atomic E-state index is 12.4. The minimum absolute atomic E-state index is 0.156. The topological polar surface area (TPSA) is 72.1 Å². The molecule has 0 atom stereocenters. The molecule has 1 aliphatic rings. The zero-order chi connectivity index (χ0) is 17.8. The summed E-state index contributed by atoms with van der Waals surface area (Å²) >= 11 is 3.30. The number of hydrogen-bond donors (Lipinski definition) is 0. The van der Waals surface area contributed by atoms with Crippen molar-refractivity contribution in [2.45, 2.75) is 5.75 Å². The van der Waals surface area contributed by atoms with Gasteiger partial charge in [0.05, 0.1) is 6.54 Å². The molecule has 0 N–H and O–H groups in total. The van der Waals surface area contributed by atoms with Crippen LogP contribution in [0.2, 0.25) is 0 Å². The number of ether oxygens (including phenoxy) is 1. The lowest BCUT2D eigenvalue weighted by molar-refractivity contribution is -0.132. The van der Waals surface area contributed by atoms with E-state index in [0.29, 0.717) is 11.3 Å². The van der Waals surface area contributed by atoms with E-state index < -0.39 is 5.97 Å². The lowest BCUT2D eigenvalue weighted by atomic mass is 10.1. The molecule has 2 heterocycles. The number of carbonyl (C=O) groups is 2. The van der Waals surface area contributed by atoms with Crippen LogP contribution >= 0.6 is 23.5 Å². The molecular weight excluding hydrogens is 360 g/mol. The molecular formula is C17H18N2O4S2. The first-order valence-electron chi connectivity index (χ1n) is 7.74. The van der Waals surface area contributed by atoms with E-state index in [0.717, 1.165) is 27.6 Å². The predicted molar refractivity (Wildman–Crippen MR) is 101 cm³/mol. The van der Waals surface area contributed by atoms with E-state index in [1.807, 2.05) is 24.3 Å². The molecule has 3 rings (SSSR count). The van der Waals surface area contributed by atoms with Crippen LogP contribution in [0.3, 0.4) is 0 Å². The molecule has 0 radical (unpaired) electrons. The van der Waals surface area contributed by atoms with Crippen LogP contribution in [-0.2, 0) is 15.3 Å². The van der Waals surface area contributed by atoms with Gasteiger partial charge in [-0.3, -0.25) is 9.79 Å². The lowest BCUT2D eigenvalue weighted by Gasteiger charge is -2.10. The van der Waals surface area contributed by atoms with Gasteiger partial charge in [0, 0.05) is 36.6 Å². The van der Waals surface area contributed by atoms with Crippen molar-refractivity contribution in [3.05, 3.63) is 35.6 Å². The number of carbonyl (C=O) groups excluding carboxylic acids is 2. The highest BCUT2D eigenvalue weighted by Crippen LogP contribution is 2.32. The molecule has 2 aromatic rings. The van der Waals surface area contributed by atoms with Crippen molar-refractivity contribution in [3.8, 4) is 0 Å². The van der Waals surface area contributed by atoms with Crippen LogP contribution in [0.15, 0.2) is 33.7 Å². The summed E-state index contributed by atoms with van der Waals surface area (Å²) < 4.78 is 11.9. The molecule has 0 fully saturated rings. The van der Waals surface area contributed by atoms with Crippen molar-refractivity contribution < 1.29 is 18.7 Å². The molecule has 1 aliphatic heterocycles. The van der Waals surface area contributed by atoms with Crippen molar-refractivity contribution in [2.24, 2.45) is 4.99 Å². The third-order valence-electron chi connectivity index (χ3n) is 3.61. The van der Waals surface area contributed by atoms with Gasteiger partial charge in [-0.05, 0) is 6.07 Å². The Labute approximate surface area is 154 Å². The van der Waals surface area contributed by atoms with E-state index in [2.05, 4.69) is 4.99 Å². The second-order valence-electron chi connectivity index (χ2n) is 5.55. The van der Waals surface area contributed by atoms with Crippen molar-refractivity contribution in [1.29, 1.82) is 0 Å². The Kier molecular flexibility index (Phi) is 5.70. The van der Waals surface area contributed by atoms with E-state index in [1.165, 1.54) is 4.90 Å². The van der Waals surface area contributed by atoms with Gasteiger partial charge in [-0.2, -0.15) is 0 Å². The average Bonchev–Trinajstić information content (AvgIpc) is 3.24. The molecule has 0 spiro atoms. The SMILES string of the molecule is CN(C)C(=O)COC(=O)c1oc2ccccc2c1CSC1=NCCS1. The Bertz CT molecular complexity index is 829. The Morgan fingerprint density at radius 3 is 2.88 bits per heavy atom. The molecule has 0 unspecified atom stereocenters. The third-order valence-corrected chi connectivity index (χ3v) is 5.89. The molecule has 1 aromatic heterocycles. The predicted octanol–water partition coefficient (Wildman–Crippen LogP) is 3.01. The zero-order valence-corrected chi connectivity index (χ0v) is 15.6. The first kappa shape index (κ1) is 17.9. The molecule has 132 valence electrons. The normalized spacial score (nSPS) is 13.8. The van der Waals surface area contributed by atoms with E-state index in [9.17, 15) is 9.59 Å². The third kappa shape index (κ3) is 4.19. The number of benzene rings is 1. The maximum atomic E-state index is 12.4. The van der Waals surface area contributed by atoms with Crippen LogP contribution in [-0.4, -0.2) is 54.2 Å². The highest BCUT2D eigenvalue weighted by Gasteiger charge is 2.23. The molecule has 6 nitrogen and oxygen atoms in total. The molecule has 8 heteroatoms. The minimum Gasteiger partial charge on any atom is -0.450 e. The van der Waals surface area contributed by atoms with Crippen LogP contribution in [0.4, 0.5) is 0 Å². The summed E-state index contributed by atoms with van der Waals surface area (Å²) in [5.41, 5.74) is 1.41. The second-order valence-corrected chi connectivity index (χ2v) is 7.86. The van der Waals surface area contributed by atoms with Gasteiger partial charge >= 0.3 is 5.97 Å². The number of thioether (sulfide) groups is 2. The van der Waals surface area contributed by atoms with Crippen molar-refractivity contribution in [2.75, 3.05) is 33.0 Å². The van der Waals surface area contributed by atoms with Crippen LogP contribution in [0.25, 0.3) is 11.0 Å². The highest BCUT2D eigenvalue weighted by atomic mass is 32.2. The van der Waals surface area contributed by atoms with Crippen molar-refractivity contribution in [3.63, 3.8) is 0 Å². The Morgan fingerprint density at radius 1 is 1.36 bits per heavy atom. The number of fused-ring (bicyclic) bond motifs is 1. The number of hydrogen-bond acceptors (Lipinski definition) is 7. The first-order chi connectivity index (χ1) is 12.1. The molecule has 1 amide bonds. The molecule has 0 saturated heterocycles. The van der Waals surface area contributed by atoms with Crippen LogP contribution in [0.5, 0.6) is 0 Å². The molecule has 0 bridgehead atoms. The smallest absolute Gasteiger partial charge is 0.375 e. The summed E-state index contributed by atoms with van der Waals surface area (Å²) in [5.74, 6) is 0.814. The summed E-state index contributed by atoms with van der Waals surface area (Å²) in [4.78, 5) is 29.8. The Balaban J connectivity index is 1.81. The van der Waals surface area contributed by atoms with Crippen LogP contribution < -0.4 is 0 Å². The number of aliphatic imine (C=N–C) groups is 1. The number of nitrogens with zero attached hydrogens (tertiary/aromatic N) is 2. The zero-order valence-electron chi connectivity index (χ0n) is 14.0. The number of para-hydroxylation sites is 1. The quantitative estimate of drug-likeness (QED) is 0.745. The van der Waals surface area contributed by atoms with Gasteiger partial charge < -0.3 is 14.1 Å². The molecule has 1 aromatic carbocycles. The van der Waals surface area contributed by atoms with Crippen LogP contribution in [0, 0.1) is 0 Å². The largest absolute Gasteiger partial charge is 0.450 e. The summed E-state index contributed by atoms with van der Waals surface area (Å²) in [5, 5.41) is 0.879. The number of likely N-dealkylation sites (N-methyl/N-ethyl adjacent to an activating group) is 1. The highest BCUT2D eigenvalue weighted by molar-refractivity contribution is 8.38. The molecule has 0 aliphatic carbocycles. The summed E-state index contributed by atoms with van der Waals surface area (Å²) in [6, 6.07) is 7.48. The van der Waals surface area contributed by atoms with Gasteiger partial charge in [0.25, 0.3) is 5.91 Å². The van der Waals surface area contributed by atoms with E-state index in [4.69, 9.17) is 9.15 Å². The Morgan fingerprint density at radius 2 is 2.16 bits per heavy atom. The fourth-order valence-electron chi connectivity index (χ4n) is 2.27. The van der Waals surface area contributed by atoms with E-state index in [1.54, 1.807) is 37.6 Å². The van der Waals surface area contributed by atoms with Gasteiger partial charge in [0.1, 0.15) is 9.96 Å². The van der Waals surface area contributed by atoms with Gasteiger partial charge in [0.15, 0.2) is 6.61 Å². The second kappa shape index (κ2) is 7.97. The maximum Gasteiger partial charge on any atom is 0.375 e. The van der Waals surface area contributed by atoms with E-state index >= 15 is 0 Å². The van der Waals surface area contributed by atoms with Gasteiger partial charge in [-0.1, -0.05) is 41.7 Å². The van der Waals surface area contributed by atoms with Gasteiger partial charge in [0.2, 0.25) is 5.76 Å². The average molecular weight is 378 g/mol. The lowest BCUT2D eigenvalue weighted by Crippen LogP contribution is -2.27. The van der Waals surface area contributed by atoms with Crippen molar-refractivity contribution >= 4 is 50.7 Å². The summed E-state index contributed by atoms with van der Waals surface area (Å²) in [6.45, 7) is 0.526. The first-order valence-corrected chi connectivity index (χ1v) is 9.71. The standard InChI is InChI=1S/C17H18N2O4S2/c1-19(2)14(20)9-22-16(21)15-12(10-25-17-18-7-8-24-17)11-5-3-4-6-13(11)23-15/h3-6H,7-10H2,1-2H3. The summed E-state index contributed by atoms with van der Waals surface area (Å²) in [6.07, 6.45) is 0. The monoisotopic (exact) mass is 378 g/mol. The van der Waals surface area contributed by atoms with Crippen molar-refractivity contribution in [1.82, 2.24) is 4.90 Å². The fraction of sp³-hybridized carbons (Fsp3) is 0.353. The van der Waals surface area contributed by atoms with Crippen LogP contribution in [0.1, 0.15) is 16.1 Å².